The molecule has 0 amide bonds. The summed E-state index contributed by atoms with van der Waals surface area (Å²) in [7, 11) is -5.01. The van der Waals surface area contributed by atoms with Gasteiger partial charge >= 0.3 is 25.8 Å². The quantitative estimate of drug-likeness (QED) is 0.203. The van der Waals surface area contributed by atoms with Crippen molar-refractivity contribution in [3.63, 3.8) is 0 Å². The number of nitrogens with zero attached hydrogens (tertiary/aromatic N) is 1. The van der Waals surface area contributed by atoms with Crippen LogP contribution in [0.1, 0.15) is 40.8 Å². The smallest absolute Gasteiger partial charge is 0.432 e. The van der Waals surface area contributed by atoms with Crippen LogP contribution in [-0.4, -0.2) is 77.0 Å². The number of aromatic nitrogens is 2. The summed E-state index contributed by atoms with van der Waals surface area (Å²) in [4.78, 5) is 48.2. The van der Waals surface area contributed by atoms with Crippen molar-refractivity contribution in [2.75, 3.05) is 20.2 Å². The summed E-state index contributed by atoms with van der Waals surface area (Å²) < 4.78 is 82.1. The summed E-state index contributed by atoms with van der Waals surface area (Å²) in [6.07, 6.45) is -7.60. The van der Waals surface area contributed by atoms with Crippen LogP contribution in [0.4, 0.5) is 18.4 Å². The van der Waals surface area contributed by atoms with Gasteiger partial charge in [0.1, 0.15) is 6.61 Å². The zero-order valence-electron chi connectivity index (χ0n) is 21.5. The van der Waals surface area contributed by atoms with Gasteiger partial charge in [-0.1, -0.05) is 0 Å². The van der Waals surface area contributed by atoms with E-state index in [9.17, 15) is 28.8 Å². The first-order chi connectivity index (χ1) is 18.0. The van der Waals surface area contributed by atoms with Crippen LogP contribution in [0, 0.1) is 0 Å². The van der Waals surface area contributed by atoms with Crippen molar-refractivity contribution in [3.05, 3.63) is 33.1 Å². The van der Waals surface area contributed by atoms with E-state index < -0.39 is 87.6 Å². The van der Waals surface area contributed by atoms with Gasteiger partial charge in [0.05, 0.1) is 12.2 Å². The average Bonchev–Trinajstić information content (AvgIpc) is 2.97. The topological polar surface area (TPSA) is 200 Å². The number of aromatic amines is 1. The lowest BCUT2D eigenvalue weighted by Crippen LogP contribution is -2.47. The second-order valence-corrected chi connectivity index (χ2v) is 10.3. The van der Waals surface area contributed by atoms with E-state index in [0.717, 1.165) is 12.3 Å². The number of carbonyl (C=O) groups excluding carboxylic acids is 2. The predicted molar refractivity (Wildman–Crippen MR) is 122 cm³/mol. The molecule has 4 atom stereocenters. The Balaban J connectivity index is 2.17. The molecule has 0 aromatic carbocycles. The molecule has 4 unspecified atom stereocenters. The van der Waals surface area contributed by atoms with E-state index in [4.69, 9.17) is 18.3 Å². The first-order valence-electron chi connectivity index (χ1n) is 11.2. The molecule has 1 aromatic rings. The fraction of sp³-hybridized carbons (Fsp3) is 0.700. The first-order valence-corrected chi connectivity index (χ1v) is 12.7. The molecule has 0 bridgehead atoms. The van der Waals surface area contributed by atoms with Crippen LogP contribution in [0.25, 0.3) is 0 Å². The predicted octanol–water partition coefficient (Wildman–Crippen LogP) is 2.02. The number of hydrogen-bond donors (Lipinski definition) is 2. The van der Waals surface area contributed by atoms with Crippen molar-refractivity contribution in [1.29, 1.82) is 0 Å². The second-order valence-electron chi connectivity index (χ2n) is 8.66. The molecule has 0 spiro atoms. The van der Waals surface area contributed by atoms with Crippen LogP contribution in [-0.2, 0) is 41.8 Å². The molecule has 1 aromatic heterocycles. The first kappa shape index (κ1) is 32.3. The van der Waals surface area contributed by atoms with Crippen molar-refractivity contribution in [2.24, 2.45) is 0 Å². The number of phosphoric acid groups is 1. The van der Waals surface area contributed by atoms with Gasteiger partial charge in [-0.3, -0.25) is 18.9 Å². The van der Waals surface area contributed by atoms with Crippen LogP contribution < -0.4 is 11.2 Å². The zero-order chi connectivity index (χ0) is 29.6. The normalized spacial score (nSPS) is 25.1. The van der Waals surface area contributed by atoms with E-state index >= 15 is 8.78 Å². The summed E-state index contributed by atoms with van der Waals surface area (Å²) >= 11 is 0. The Morgan fingerprint density at radius 3 is 2.05 bits per heavy atom. The fourth-order valence-electron chi connectivity index (χ4n) is 2.99. The van der Waals surface area contributed by atoms with Crippen LogP contribution in [0.15, 0.2) is 21.9 Å². The van der Waals surface area contributed by atoms with E-state index in [1.54, 1.807) is 0 Å². The van der Waals surface area contributed by atoms with Gasteiger partial charge in [0.2, 0.25) is 13.6 Å². The third-order valence-electron chi connectivity index (χ3n) is 4.70. The number of ether oxygens (including phenoxy) is 5. The van der Waals surface area contributed by atoms with Crippen molar-refractivity contribution in [2.45, 2.75) is 70.7 Å². The number of aliphatic hydroxyl groups excluding tert-OH is 1. The molecule has 1 saturated heterocycles. The number of alkyl halides is 2. The van der Waals surface area contributed by atoms with Gasteiger partial charge in [-0.15, -0.1) is 0 Å². The van der Waals surface area contributed by atoms with E-state index in [1.807, 2.05) is 4.98 Å². The third-order valence-corrected chi connectivity index (χ3v) is 5.98. The lowest BCUT2D eigenvalue weighted by Gasteiger charge is -2.26. The SMILES string of the molecule is CC(C)OC(=O)OCOP(=O)(OCOC(=O)OC(C)C)OCC1(F)OC(n2ccc(=O)[nH]c2=O)C(C)(F)C1O. The fourth-order valence-corrected chi connectivity index (χ4v) is 3.91. The van der Waals surface area contributed by atoms with Gasteiger partial charge in [0, 0.05) is 12.3 Å². The molecule has 1 aliphatic heterocycles. The maximum Gasteiger partial charge on any atom is 0.510 e. The highest BCUT2D eigenvalue weighted by atomic mass is 31.2. The molecule has 2 heterocycles. The highest BCUT2D eigenvalue weighted by Gasteiger charge is 2.65. The van der Waals surface area contributed by atoms with Crippen LogP contribution in [0.2, 0.25) is 0 Å². The van der Waals surface area contributed by atoms with E-state index in [1.165, 1.54) is 27.7 Å². The second kappa shape index (κ2) is 13.0. The lowest BCUT2D eigenvalue weighted by atomic mass is 9.97. The Morgan fingerprint density at radius 2 is 1.59 bits per heavy atom. The number of phosphoric ester groups is 1. The summed E-state index contributed by atoms with van der Waals surface area (Å²) in [5, 5.41) is 10.3. The molecule has 0 aliphatic carbocycles. The molecule has 222 valence electrons. The number of aliphatic hydroxyl groups is 1. The Labute approximate surface area is 219 Å². The summed E-state index contributed by atoms with van der Waals surface area (Å²) in [5.41, 5.74) is -5.00. The molecule has 1 fully saturated rings. The minimum atomic E-state index is -5.01. The maximum absolute atomic E-state index is 15.6. The molecule has 2 rings (SSSR count). The molecule has 2 N–H and O–H groups in total. The molecule has 16 nitrogen and oxygen atoms in total. The summed E-state index contributed by atoms with van der Waals surface area (Å²) in [5.74, 6) is -3.47. The van der Waals surface area contributed by atoms with Crippen LogP contribution in [0.5, 0.6) is 0 Å². The Bertz CT molecular complexity index is 1140. The number of hydrogen-bond acceptors (Lipinski definition) is 14. The largest absolute Gasteiger partial charge is 0.510 e. The average molecular weight is 590 g/mol. The highest BCUT2D eigenvalue weighted by Crippen LogP contribution is 2.53. The number of nitrogens with one attached hydrogen (secondary N) is 1. The van der Waals surface area contributed by atoms with Crippen molar-refractivity contribution < 1.29 is 65.3 Å². The number of rotatable bonds is 12. The third kappa shape index (κ3) is 8.81. The number of H-pyrrole nitrogens is 1. The standard InChI is InChI=1S/C20H29F2N2O14P/c1-11(2)36-17(28)31-9-34-39(30,35-10-32-18(29)37-12(3)4)33-8-20(22)14(26)19(5,21)15(38-20)24-7-6-13(25)23-16(24)27/h6-7,11-12,14-15,26H,8-10H2,1-5H3,(H,23,25,27). The minimum Gasteiger partial charge on any atom is -0.432 e. The molecular weight excluding hydrogens is 561 g/mol. The molecular formula is C20H29F2N2O14P. The molecule has 19 heteroatoms. The van der Waals surface area contributed by atoms with Gasteiger partial charge in [-0.05, 0) is 34.6 Å². The molecule has 39 heavy (non-hydrogen) atoms. The summed E-state index contributed by atoms with van der Waals surface area (Å²) in [6.45, 7) is 2.95. The van der Waals surface area contributed by atoms with Gasteiger partial charge in [-0.2, -0.15) is 0 Å². The van der Waals surface area contributed by atoms with Gasteiger partial charge in [-0.25, -0.2) is 36.8 Å². The monoisotopic (exact) mass is 590 g/mol. The zero-order valence-corrected chi connectivity index (χ0v) is 22.4. The van der Waals surface area contributed by atoms with Crippen molar-refractivity contribution in [3.8, 4) is 0 Å². The van der Waals surface area contributed by atoms with Crippen LogP contribution in [0.3, 0.4) is 0 Å². The minimum absolute atomic E-state index is 0.473. The van der Waals surface area contributed by atoms with Crippen LogP contribution >= 0.6 is 7.82 Å². The van der Waals surface area contributed by atoms with Gasteiger partial charge < -0.3 is 28.8 Å². The Kier molecular flexibility index (Phi) is 10.8. The molecule has 1 aliphatic rings. The number of halogens is 2. The van der Waals surface area contributed by atoms with E-state index in [2.05, 4.69) is 18.9 Å². The highest BCUT2D eigenvalue weighted by molar-refractivity contribution is 7.48. The Morgan fingerprint density at radius 1 is 1.08 bits per heavy atom. The van der Waals surface area contributed by atoms with Crippen molar-refractivity contribution >= 4 is 20.1 Å². The number of carbonyl (C=O) groups is 2. The Hall–Kier alpha value is -2.89. The van der Waals surface area contributed by atoms with Gasteiger partial charge in [0.15, 0.2) is 18.0 Å². The molecule has 0 saturated carbocycles. The van der Waals surface area contributed by atoms with Crippen molar-refractivity contribution in [1.82, 2.24) is 9.55 Å². The van der Waals surface area contributed by atoms with E-state index in [-0.39, 0.29) is 0 Å². The summed E-state index contributed by atoms with van der Waals surface area (Å²) in [6, 6.07) is 0.826. The van der Waals surface area contributed by atoms with Gasteiger partial charge in [0.25, 0.3) is 11.4 Å². The van der Waals surface area contributed by atoms with E-state index in [0.29, 0.717) is 11.5 Å². The maximum atomic E-state index is 15.6. The lowest BCUT2D eigenvalue weighted by molar-refractivity contribution is -0.206. The molecule has 0 radical (unpaired) electrons.